The molecule has 0 heterocycles. The van der Waals surface area contributed by atoms with Gasteiger partial charge in [0.15, 0.2) is 0 Å². The van der Waals surface area contributed by atoms with Gasteiger partial charge in [-0.3, -0.25) is 0 Å². The molecule has 0 radical (unpaired) electrons. The van der Waals surface area contributed by atoms with Crippen molar-refractivity contribution < 1.29 is 80.3 Å². The Bertz CT molecular complexity index is 318. The Hall–Kier alpha value is -1.57. The van der Waals surface area contributed by atoms with E-state index in [9.17, 15) is 39.6 Å². The van der Waals surface area contributed by atoms with Gasteiger partial charge in [-0.2, -0.15) is 0 Å². The Labute approximate surface area is 185 Å². The Morgan fingerprint density at radius 1 is 0.483 bits per heavy atom. The number of ether oxygens (including phenoxy) is 4. The number of rotatable bonds is 12. The molecule has 0 aliphatic carbocycles. The molecule has 0 fully saturated rings. The van der Waals surface area contributed by atoms with Crippen molar-refractivity contribution in [3.05, 3.63) is 0 Å². The molecular weight excluding hydrogens is 432 g/mol. The third kappa shape index (κ3) is 75.7. The third-order valence-electron chi connectivity index (χ3n) is 1.70. The molecule has 0 unspecified atom stereocenters. The van der Waals surface area contributed by atoms with Crippen LogP contribution in [0, 0.1) is 0 Å². The SMILES string of the molecule is CCOCC(=O)[O-].CCOCC(=O)[O-].CCOCC(=O)[O-].CCOCC(=O)[O-].[Ti+4]. The fourth-order valence-corrected chi connectivity index (χ4v) is 0.742. The number of carbonyl (C=O) groups excluding carboxylic acids is 4. The standard InChI is InChI=1S/4C4H8O3.Ti/c4*1-2-7-3-4(5)6;/h4*2-3H2,1H3,(H,5,6);/q;;;;+4/p-4. The van der Waals surface area contributed by atoms with E-state index in [-0.39, 0.29) is 48.1 Å². The molecule has 0 aliphatic heterocycles. The van der Waals surface area contributed by atoms with Gasteiger partial charge in [-0.15, -0.1) is 0 Å². The zero-order chi connectivity index (χ0) is 22.8. The molecule has 0 spiro atoms. The van der Waals surface area contributed by atoms with Crippen molar-refractivity contribution in [2.75, 3.05) is 52.9 Å². The first-order valence-electron chi connectivity index (χ1n) is 8.19. The largest absolute Gasteiger partial charge is 4.00 e. The molecule has 29 heavy (non-hydrogen) atoms. The molecule has 13 heteroatoms. The molecule has 0 amide bonds. The minimum Gasteiger partial charge on any atom is -0.548 e. The Kier molecular flexibility index (Phi) is 44.6. The quantitative estimate of drug-likeness (QED) is 0.252. The van der Waals surface area contributed by atoms with Gasteiger partial charge >= 0.3 is 21.7 Å². The molecular formula is C16H28O12Ti. The van der Waals surface area contributed by atoms with Crippen LogP contribution in [0.3, 0.4) is 0 Å². The average molecular weight is 460 g/mol. The Morgan fingerprint density at radius 2 is 0.621 bits per heavy atom. The van der Waals surface area contributed by atoms with Crippen molar-refractivity contribution in [1.82, 2.24) is 0 Å². The number of carbonyl (C=O) groups is 4. The maximum absolute atomic E-state index is 9.52. The predicted octanol–water partition coefficient (Wildman–Crippen LogP) is -4.91. The fraction of sp³-hybridized carbons (Fsp3) is 0.750. The molecule has 0 N–H and O–H groups in total. The molecule has 0 rings (SSSR count). The summed E-state index contributed by atoms with van der Waals surface area (Å²) in [5.74, 6) is -4.66. The summed E-state index contributed by atoms with van der Waals surface area (Å²) in [7, 11) is 0. The van der Waals surface area contributed by atoms with E-state index < -0.39 is 23.9 Å². The zero-order valence-corrected chi connectivity index (χ0v) is 18.6. The van der Waals surface area contributed by atoms with E-state index in [1.54, 1.807) is 27.7 Å². The van der Waals surface area contributed by atoms with E-state index in [1.807, 2.05) is 0 Å². The number of carboxylic acid groups (broad SMARTS) is 4. The first-order valence-corrected chi connectivity index (χ1v) is 8.19. The summed E-state index contributed by atoms with van der Waals surface area (Å²) in [5, 5.41) is 38.1. The Balaban J connectivity index is -0.0000000873. The van der Waals surface area contributed by atoms with Gasteiger partial charge in [-0.1, -0.05) is 0 Å². The molecule has 0 aliphatic rings. The van der Waals surface area contributed by atoms with E-state index in [1.165, 1.54) is 0 Å². The summed E-state index contributed by atoms with van der Waals surface area (Å²) >= 11 is 0. The predicted molar refractivity (Wildman–Crippen MR) is 86.0 cm³/mol. The van der Waals surface area contributed by atoms with Crippen LogP contribution in [-0.2, 0) is 59.8 Å². The molecule has 12 nitrogen and oxygen atoms in total. The topological polar surface area (TPSA) is 197 Å². The van der Waals surface area contributed by atoms with Gasteiger partial charge in [0.2, 0.25) is 0 Å². The zero-order valence-electron chi connectivity index (χ0n) is 17.1. The fourth-order valence-electron chi connectivity index (χ4n) is 0.742. The molecule has 0 aromatic rings. The summed E-state index contributed by atoms with van der Waals surface area (Å²) in [4.78, 5) is 38.1. The van der Waals surface area contributed by atoms with Crippen LogP contribution in [0.4, 0.5) is 0 Å². The molecule has 168 valence electrons. The first kappa shape index (κ1) is 38.1. The van der Waals surface area contributed by atoms with Crippen LogP contribution < -0.4 is 20.4 Å². The summed E-state index contributed by atoms with van der Waals surface area (Å²) in [6, 6.07) is 0. The van der Waals surface area contributed by atoms with Crippen LogP contribution in [-0.4, -0.2) is 76.7 Å². The third-order valence-corrected chi connectivity index (χ3v) is 1.70. The molecule has 0 saturated carbocycles. The second-order valence-electron chi connectivity index (χ2n) is 4.04. The van der Waals surface area contributed by atoms with Gasteiger partial charge in [0.1, 0.15) is 0 Å². The number of aliphatic carboxylic acids is 4. The van der Waals surface area contributed by atoms with Gasteiger partial charge in [0, 0.05) is 26.4 Å². The van der Waals surface area contributed by atoms with Crippen LogP contribution in [0.5, 0.6) is 0 Å². The van der Waals surface area contributed by atoms with E-state index in [0.717, 1.165) is 0 Å². The minimum absolute atomic E-state index is 0. The van der Waals surface area contributed by atoms with Crippen molar-refractivity contribution in [3.8, 4) is 0 Å². The van der Waals surface area contributed by atoms with Gasteiger partial charge < -0.3 is 58.6 Å². The number of carboxylic acids is 4. The maximum atomic E-state index is 9.52. The van der Waals surface area contributed by atoms with E-state index >= 15 is 0 Å². The number of hydrogen-bond donors (Lipinski definition) is 0. The molecule has 0 atom stereocenters. The van der Waals surface area contributed by atoms with Gasteiger partial charge in [0.25, 0.3) is 0 Å². The van der Waals surface area contributed by atoms with E-state index in [0.29, 0.717) is 26.4 Å². The van der Waals surface area contributed by atoms with Crippen molar-refractivity contribution in [3.63, 3.8) is 0 Å². The van der Waals surface area contributed by atoms with Crippen molar-refractivity contribution in [1.29, 1.82) is 0 Å². The van der Waals surface area contributed by atoms with Crippen LogP contribution in [0.15, 0.2) is 0 Å². The second-order valence-corrected chi connectivity index (χ2v) is 4.04. The Morgan fingerprint density at radius 3 is 0.655 bits per heavy atom. The molecule has 0 aromatic heterocycles. The van der Waals surface area contributed by atoms with Gasteiger partial charge in [0.05, 0.1) is 50.3 Å². The molecule has 0 saturated heterocycles. The summed E-state index contributed by atoms with van der Waals surface area (Å²) in [6.07, 6.45) is 0. The van der Waals surface area contributed by atoms with Crippen LogP contribution in [0.2, 0.25) is 0 Å². The average Bonchev–Trinajstić information content (AvgIpc) is 2.62. The van der Waals surface area contributed by atoms with Crippen LogP contribution in [0.25, 0.3) is 0 Å². The summed E-state index contributed by atoms with van der Waals surface area (Å²) < 4.78 is 17.7. The second kappa shape index (κ2) is 34.0. The summed E-state index contributed by atoms with van der Waals surface area (Å²) in [5.41, 5.74) is 0. The molecule has 0 aromatic carbocycles. The first-order chi connectivity index (χ1) is 13.1. The van der Waals surface area contributed by atoms with Crippen molar-refractivity contribution in [2.45, 2.75) is 27.7 Å². The minimum atomic E-state index is -1.16. The van der Waals surface area contributed by atoms with E-state index in [4.69, 9.17) is 0 Å². The summed E-state index contributed by atoms with van der Waals surface area (Å²) in [6.45, 7) is 7.42. The monoisotopic (exact) mass is 460 g/mol. The van der Waals surface area contributed by atoms with Gasteiger partial charge in [-0.25, -0.2) is 0 Å². The van der Waals surface area contributed by atoms with E-state index in [2.05, 4.69) is 18.9 Å². The maximum Gasteiger partial charge on any atom is 4.00 e. The number of hydrogen-bond acceptors (Lipinski definition) is 12. The van der Waals surface area contributed by atoms with Crippen molar-refractivity contribution in [2.24, 2.45) is 0 Å². The molecule has 0 bridgehead atoms. The smallest absolute Gasteiger partial charge is 0.548 e. The van der Waals surface area contributed by atoms with Crippen LogP contribution >= 0.6 is 0 Å². The normalized spacial score (nSPS) is 8.41. The van der Waals surface area contributed by atoms with Crippen LogP contribution in [0.1, 0.15) is 27.7 Å². The van der Waals surface area contributed by atoms with Gasteiger partial charge in [-0.05, 0) is 27.7 Å². The van der Waals surface area contributed by atoms with Crippen molar-refractivity contribution >= 4 is 23.9 Å².